The molecule has 0 nitrogen and oxygen atoms in total. The molecule has 0 saturated heterocycles. The highest BCUT2D eigenvalue weighted by Gasteiger charge is 2.22. The van der Waals surface area contributed by atoms with Gasteiger partial charge in [-0.25, -0.2) is 0 Å². The third kappa shape index (κ3) is 1.47. The molecule has 0 aromatic heterocycles. The van der Waals surface area contributed by atoms with Gasteiger partial charge in [-0.3, -0.25) is 0 Å². The molecule has 2 aliphatic rings. The van der Waals surface area contributed by atoms with Gasteiger partial charge < -0.3 is 0 Å². The van der Waals surface area contributed by atoms with Crippen LogP contribution < -0.4 is 0 Å². The van der Waals surface area contributed by atoms with E-state index >= 15 is 0 Å². The van der Waals surface area contributed by atoms with E-state index in [4.69, 9.17) is 0 Å². The molecule has 0 aliphatic heterocycles. The van der Waals surface area contributed by atoms with Crippen LogP contribution in [0.2, 0.25) is 0 Å². The van der Waals surface area contributed by atoms with Crippen molar-refractivity contribution in [1.29, 1.82) is 0 Å². The summed E-state index contributed by atoms with van der Waals surface area (Å²) in [5.74, 6) is 0. The van der Waals surface area contributed by atoms with E-state index < -0.39 is 0 Å². The zero-order valence-electron chi connectivity index (χ0n) is 7.08. The highest BCUT2D eigenvalue weighted by Crippen LogP contribution is 2.39. The Morgan fingerprint density at radius 3 is 2.92 bits per heavy atom. The Labute approximate surface area is 84.9 Å². The number of hydrogen-bond acceptors (Lipinski definition) is 2. The van der Waals surface area contributed by atoms with Crippen molar-refractivity contribution in [3.05, 3.63) is 22.1 Å². The molecule has 1 atom stereocenters. The maximum Gasteiger partial charge on any atom is 0.0232 e. The molecule has 66 valence electrons. The minimum atomic E-state index is 0.518. The first kappa shape index (κ1) is 8.76. The SMILES string of the molecule is SC1=CCCC2=C1CCCC2S. The molecule has 0 heterocycles. The lowest BCUT2D eigenvalue weighted by Crippen LogP contribution is -2.14. The summed E-state index contributed by atoms with van der Waals surface area (Å²) in [7, 11) is 0. The minimum Gasteiger partial charge on any atom is -0.171 e. The summed E-state index contributed by atoms with van der Waals surface area (Å²) in [5.41, 5.74) is 3.06. The predicted molar refractivity (Wildman–Crippen MR) is 60.0 cm³/mol. The third-order valence-corrected chi connectivity index (χ3v) is 3.78. The first-order chi connectivity index (χ1) is 5.79. The van der Waals surface area contributed by atoms with Crippen molar-refractivity contribution < 1.29 is 0 Å². The molecule has 0 aromatic carbocycles. The van der Waals surface area contributed by atoms with Gasteiger partial charge in [-0.05, 0) is 37.7 Å². The molecule has 0 bridgehead atoms. The van der Waals surface area contributed by atoms with Gasteiger partial charge in [0.15, 0.2) is 0 Å². The van der Waals surface area contributed by atoms with E-state index in [2.05, 4.69) is 31.3 Å². The van der Waals surface area contributed by atoms with Crippen LogP contribution in [0.3, 0.4) is 0 Å². The second-order valence-corrected chi connectivity index (χ2v) is 4.65. The van der Waals surface area contributed by atoms with Crippen molar-refractivity contribution >= 4 is 25.3 Å². The summed E-state index contributed by atoms with van der Waals surface area (Å²) < 4.78 is 0. The van der Waals surface area contributed by atoms with E-state index in [1.807, 2.05) is 0 Å². The maximum atomic E-state index is 4.61. The van der Waals surface area contributed by atoms with Crippen molar-refractivity contribution in [2.75, 3.05) is 0 Å². The Hall–Kier alpha value is 0.180. The van der Waals surface area contributed by atoms with Gasteiger partial charge >= 0.3 is 0 Å². The molecule has 12 heavy (non-hydrogen) atoms. The third-order valence-electron chi connectivity index (χ3n) is 2.75. The fourth-order valence-electron chi connectivity index (χ4n) is 2.11. The van der Waals surface area contributed by atoms with Crippen LogP contribution in [0.4, 0.5) is 0 Å². The number of thiol groups is 2. The lowest BCUT2D eigenvalue weighted by Gasteiger charge is -2.28. The number of hydrogen-bond donors (Lipinski definition) is 2. The quantitative estimate of drug-likeness (QED) is 0.548. The highest BCUT2D eigenvalue weighted by atomic mass is 32.1. The molecular formula is C10H14S2. The molecule has 2 heteroatoms. The predicted octanol–water partition coefficient (Wildman–Crippen LogP) is 3.37. The lowest BCUT2D eigenvalue weighted by atomic mass is 9.85. The largest absolute Gasteiger partial charge is 0.171 e. The number of rotatable bonds is 0. The molecule has 2 rings (SSSR count). The molecular weight excluding hydrogens is 184 g/mol. The van der Waals surface area contributed by atoms with Crippen molar-refractivity contribution in [1.82, 2.24) is 0 Å². The monoisotopic (exact) mass is 198 g/mol. The fourth-order valence-corrected chi connectivity index (χ4v) is 2.96. The standard InChI is InChI=1S/C10H14S2/c11-9-5-1-3-7-8(9)4-2-6-10(7)12/h5,10-12H,1-4,6H2. The van der Waals surface area contributed by atoms with E-state index in [-0.39, 0.29) is 0 Å². The van der Waals surface area contributed by atoms with Gasteiger partial charge in [-0.15, -0.1) is 12.6 Å². The van der Waals surface area contributed by atoms with Crippen LogP contribution >= 0.6 is 25.3 Å². The van der Waals surface area contributed by atoms with Gasteiger partial charge in [-0.1, -0.05) is 11.6 Å². The summed E-state index contributed by atoms with van der Waals surface area (Å²) in [6.07, 6.45) is 8.38. The lowest BCUT2D eigenvalue weighted by molar-refractivity contribution is 0.662. The second-order valence-electron chi connectivity index (χ2n) is 3.54. The maximum absolute atomic E-state index is 4.61. The topological polar surface area (TPSA) is 0 Å². The van der Waals surface area contributed by atoms with Crippen molar-refractivity contribution in [2.24, 2.45) is 0 Å². The summed E-state index contributed by atoms with van der Waals surface area (Å²) in [4.78, 5) is 1.22. The smallest absolute Gasteiger partial charge is 0.0232 e. The Balaban J connectivity index is 2.34. The normalized spacial score (nSPS) is 29.8. The van der Waals surface area contributed by atoms with Crippen LogP contribution in [0.1, 0.15) is 32.1 Å². The molecule has 0 N–H and O–H groups in total. The zero-order valence-corrected chi connectivity index (χ0v) is 8.87. The Morgan fingerprint density at radius 2 is 2.17 bits per heavy atom. The summed E-state index contributed by atoms with van der Waals surface area (Å²) in [6, 6.07) is 0. The molecule has 0 spiro atoms. The summed E-state index contributed by atoms with van der Waals surface area (Å²) >= 11 is 9.10. The molecule has 2 aliphatic carbocycles. The van der Waals surface area contributed by atoms with E-state index in [0.29, 0.717) is 5.25 Å². The van der Waals surface area contributed by atoms with Crippen LogP contribution in [-0.4, -0.2) is 5.25 Å². The molecule has 0 amide bonds. The zero-order chi connectivity index (χ0) is 8.55. The Kier molecular flexibility index (Phi) is 2.56. The molecule has 0 saturated carbocycles. The summed E-state index contributed by atoms with van der Waals surface area (Å²) in [5, 5.41) is 0.518. The van der Waals surface area contributed by atoms with Crippen molar-refractivity contribution in [2.45, 2.75) is 37.4 Å². The first-order valence-electron chi connectivity index (χ1n) is 4.58. The Morgan fingerprint density at radius 1 is 1.33 bits per heavy atom. The molecule has 0 fully saturated rings. The van der Waals surface area contributed by atoms with Crippen LogP contribution in [0.5, 0.6) is 0 Å². The van der Waals surface area contributed by atoms with Crippen LogP contribution in [0.15, 0.2) is 22.1 Å². The van der Waals surface area contributed by atoms with Crippen LogP contribution in [0.25, 0.3) is 0 Å². The average Bonchev–Trinajstić information content (AvgIpc) is 2.07. The molecule has 1 unspecified atom stereocenters. The average molecular weight is 198 g/mol. The molecule has 0 radical (unpaired) electrons. The van der Waals surface area contributed by atoms with Crippen molar-refractivity contribution in [3.63, 3.8) is 0 Å². The van der Waals surface area contributed by atoms with Crippen molar-refractivity contribution in [3.8, 4) is 0 Å². The highest BCUT2D eigenvalue weighted by molar-refractivity contribution is 7.84. The van der Waals surface area contributed by atoms with Gasteiger partial charge in [0.25, 0.3) is 0 Å². The van der Waals surface area contributed by atoms with E-state index in [1.54, 1.807) is 5.57 Å². The van der Waals surface area contributed by atoms with Gasteiger partial charge in [0, 0.05) is 10.2 Å². The summed E-state index contributed by atoms with van der Waals surface area (Å²) in [6.45, 7) is 0. The van der Waals surface area contributed by atoms with Gasteiger partial charge in [0.2, 0.25) is 0 Å². The number of allylic oxidation sites excluding steroid dienone is 2. The Bertz CT molecular complexity index is 251. The van der Waals surface area contributed by atoms with Gasteiger partial charge in [0.1, 0.15) is 0 Å². The first-order valence-corrected chi connectivity index (χ1v) is 5.55. The van der Waals surface area contributed by atoms with E-state index in [0.717, 1.165) is 6.42 Å². The second kappa shape index (κ2) is 3.51. The minimum absolute atomic E-state index is 0.518. The molecule has 0 aromatic rings. The van der Waals surface area contributed by atoms with Gasteiger partial charge in [0.05, 0.1) is 0 Å². The van der Waals surface area contributed by atoms with Crippen LogP contribution in [-0.2, 0) is 0 Å². The van der Waals surface area contributed by atoms with Gasteiger partial charge in [-0.2, -0.15) is 12.6 Å². The van der Waals surface area contributed by atoms with E-state index in [1.165, 1.54) is 36.2 Å². The van der Waals surface area contributed by atoms with E-state index in [9.17, 15) is 0 Å². The fraction of sp³-hybridized carbons (Fsp3) is 0.600. The van der Waals surface area contributed by atoms with Crippen LogP contribution in [0, 0.1) is 0 Å².